The quantitative estimate of drug-likeness (QED) is 0.0167. The highest BCUT2D eigenvalue weighted by atomic mass is 16.6. The van der Waals surface area contributed by atoms with Crippen molar-refractivity contribution >= 4 is 53.7 Å². The Morgan fingerprint density at radius 1 is 0.333 bits per heavy atom. The highest BCUT2D eigenvalue weighted by Gasteiger charge is 2.14. The molecule has 0 unspecified atom stereocenters. The monoisotopic (exact) mass is 1170 g/mol. The van der Waals surface area contributed by atoms with Crippen LogP contribution in [-0.2, 0) is 66.7 Å². The molecule has 20 heteroatoms. The van der Waals surface area contributed by atoms with E-state index >= 15 is 0 Å². The number of hydrogen-bond acceptors (Lipinski definition) is 20. The predicted molar refractivity (Wildman–Crippen MR) is 308 cm³/mol. The van der Waals surface area contributed by atoms with Crippen molar-refractivity contribution in [1.29, 1.82) is 0 Å². The summed E-state index contributed by atoms with van der Waals surface area (Å²) >= 11 is 0. The Morgan fingerprint density at radius 3 is 0.893 bits per heavy atom. The van der Waals surface area contributed by atoms with E-state index in [0.717, 1.165) is 57.4 Å². The van der Waals surface area contributed by atoms with Crippen molar-refractivity contribution in [1.82, 2.24) is 0 Å². The van der Waals surface area contributed by atoms with Gasteiger partial charge in [0.2, 0.25) is 0 Å². The first-order valence-corrected chi connectivity index (χ1v) is 29.1. The molecule has 0 saturated heterocycles. The van der Waals surface area contributed by atoms with Crippen LogP contribution in [0.2, 0.25) is 0 Å². The third-order valence-electron chi connectivity index (χ3n) is 12.2. The van der Waals surface area contributed by atoms with E-state index in [-0.39, 0.29) is 106 Å². The molecule has 0 aliphatic heterocycles. The lowest BCUT2D eigenvalue weighted by Gasteiger charge is -2.09. The molecule has 0 aromatic heterocycles. The van der Waals surface area contributed by atoms with Gasteiger partial charge in [0.1, 0.15) is 23.0 Å². The number of esters is 9. The number of rotatable bonds is 47. The van der Waals surface area contributed by atoms with Crippen LogP contribution in [0.3, 0.4) is 0 Å². The zero-order chi connectivity index (χ0) is 60.8. The maximum Gasteiger partial charge on any atom is 0.343 e. The van der Waals surface area contributed by atoms with Crippen LogP contribution in [0.4, 0.5) is 0 Å². The molecule has 0 bridgehead atoms. The highest BCUT2D eigenvalue weighted by Crippen LogP contribution is 2.22. The molecule has 3 rings (SSSR count). The zero-order valence-electron chi connectivity index (χ0n) is 48.7. The van der Waals surface area contributed by atoms with Crippen molar-refractivity contribution in [2.24, 2.45) is 0 Å². The van der Waals surface area contributed by atoms with E-state index in [1.54, 1.807) is 55.5 Å². The Kier molecular flexibility index (Phi) is 37.2. The summed E-state index contributed by atoms with van der Waals surface area (Å²) in [5, 5.41) is 0. The van der Waals surface area contributed by atoms with Crippen LogP contribution in [0.25, 0.3) is 0 Å². The van der Waals surface area contributed by atoms with Crippen molar-refractivity contribution in [2.45, 2.75) is 155 Å². The first-order chi connectivity index (χ1) is 40.7. The molecule has 0 radical (unpaired) electrons. The van der Waals surface area contributed by atoms with Crippen LogP contribution in [-0.4, -0.2) is 113 Å². The molecular weight excluding hydrogens is 1090 g/mol. The van der Waals surface area contributed by atoms with Crippen LogP contribution in [0.5, 0.6) is 23.0 Å². The Morgan fingerprint density at radius 2 is 0.595 bits per heavy atom. The van der Waals surface area contributed by atoms with Crippen molar-refractivity contribution < 1.29 is 95.3 Å². The number of hydrogen-bond donors (Lipinski definition) is 0. The maximum absolute atomic E-state index is 12.8. The predicted octanol–water partition coefficient (Wildman–Crippen LogP) is 11.4. The van der Waals surface area contributed by atoms with Crippen molar-refractivity contribution in [3.05, 3.63) is 109 Å². The molecule has 0 atom stereocenters. The summed E-state index contributed by atoms with van der Waals surface area (Å²) in [7, 11) is 0. The van der Waals surface area contributed by atoms with Gasteiger partial charge in [-0.1, -0.05) is 13.2 Å². The first kappa shape index (κ1) is 70.2. The minimum absolute atomic E-state index is 0.185. The molecule has 0 saturated carbocycles. The Bertz CT molecular complexity index is 2470. The fourth-order valence-corrected chi connectivity index (χ4v) is 7.45. The van der Waals surface area contributed by atoms with E-state index in [4.69, 9.17) is 52.1 Å². The minimum Gasteiger partial charge on any atom is -0.494 e. The van der Waals surface area contributed by atoms with Gasteiger partial charge in [-0.2, -0.15) is 0 Å². The first-order valence-electron chi connectivity index (χ1n) is 29.1. The number of ether oxygens (including phenoxy) is 11. The summed E-state index contributed by atoms with van der Waals surface area (Å²) in [6.07, 6.45) is 14.0. The Labute approximate surface area is 493 Å². The fourth-order valence-electron chi connectivity index (χ4n) is 7.45. The molecule has 20 nitrogen and oxygen atoms in total. The Balaban J connectivity index is 1.08. The van der Waals surface area contributed by atoms with Gasteiger partial charge in [-0.05, 0) is 195 Å². The average Bonchev–Trinajstić information content (AvgIpc) is 3.67. The third kappa shape index (κ3) is 35.1. The van der Waals surface area contributed by atoms with Crippen LogP contribution >= 0.6 is 0 Å². The van der Waals surface area contributed by atoms with Crippen molar-refractivity contribution in [3.8, 4) is 23.0 Å². The van der Waals surface area contributed by atoms with Crippen LogP contribution in [0, 0.1) is 0 Å². The highest BCUT2D eigenvalue weighted by molar-refractivity contribution is 5.92. The molecule has 0 spiro atoms. The fraction of sp³-hybridized carbons (Fsp3) is 0.516. The van der Waals surface area contributed by atoms with Gasteiger partial charge in [0, 0.05) is 43.8 Å². The lowest BCUT2D eigenvalue weighted by atomic mass is 10.2. The van der Waals surface area contributed by atoms with E-state index < -0.39 is 23.9 Å². The largest absolute Gasteiger partial charge is 0.494 e. The second-order valence-corrected chi connectivity index (χ2v) is 19.5. The van der Waals surface area contributed by atoms with Crippen LogP contribution < -0.4 is 18.9 Å². The molecule has 0 N–H and O–H groups in total. The molecule has 0 amide bonds. The second kappa shape index (κ2) is 44.5. The summed E-state index contributed by atoms with van der Waals surface area (Å²) in [5.74, 6) is -1.91. The summed E-state index contributed by atoms with van der Waals surface area (Å²) in [6, 6.07) is 19.4. The molecule has 0 aliphatic carbocycles. The Hall–Kier alpha value is -8.03. The zero-order valence-corrected chi connectivity index (χ0v) is 48.7. The molecule has 0 aliphatic rings. The summed E-state index contributed by atoms with van der Waals surface area (Å²) in [4.78, 5) is 108. The van der Waals surface area contributed by atoms with E-state index in [9.17, 15) is 43.2 Å². The topological polar surface area (TPSA) is 255 Å². The smallest absolute Gasteiger partial charge is 0.343 e. The minimum atomic E-state index is -0.561. The standard InChI is InChI=1S/C64H84O20/c1-4-56(65)76-42-16-7-5-14-40-74-52-32-28-50(29-33-52)63(72)83-54-36-38-55(39-37-54)84-64(73)51-30-34-53(35-31-51)75-41-15-6-8-17-43-77-57(66)23-9-18-44-78-58(67)24-10-19-45-79-59(68)25-11-20-46-80-60(69)26-12-21-47-81-61(70)27-13-22-48-82-62(71)49(2)3/h4,28-39H,1-2,5-27,40-48H2,3H3. The van der Waals surface area contributed by atoms with Gasteiger partial charge in [0.25, 0.3) is 0 Å². The van der Waals surface area contributed by atoms with Crippen molar-refractivity contribution in [2.75, 3.05) is 59.5 Å². The molecular formula is C64H84O20. The maximum atomic E-state index is 12.8. The number of unbranched alkanes of at least 4 members (excludes halogenated alkanes) is 11. The number of carbonyl (C=O) groups excluding carboxylic acids is 9. The van der Waals surface area contributed by atoms with Gasteiger partial charge < -0.3 is 52.1 Å². The molecule has 0 heterocycles. The van der Waals surface area contributed by atoms with E-state index in [2.05, 4.69) is 13.2 Å². The SMILES string of the molecule is C=CC(=O)OCCCCCCOc1ccc(C(=O)Oc2ccc(OC(=O)c3ccc(OCCCCCCOC(=O)CCCCOC(=O)CCCCOC(=O)CCCCOC(=O)CCCCOC(=O)CCCCOC(=O)C(=C)C)cc3)cc2)cc1. The average molecular weight is 1170 g/mol. The lowest BCUT2D eigenvalue weighted by Crippen LogP contribution is -2.10. The van der Waals surface area contributed by atoms with Crippen molar-refractivity contribution in [3.63, 3.8) is 0 Å². The molecule has 0 fully saturated rings. The van der Waals surface area contributed by atoms with Gasteiger partial charge in [-0.25, -0.2) is 19.2 Å². The normalized spacial score (nSPS) is 10.6. The van der Waals surface area contributed by atoms with E-state index in [0.29, 0.717) is 119 Å². The number of carbonyl (C=O) groups is 9. The third-order valence-corrected chi connectivity index (χ3v) is 12.2. The second-order valence-electron chi connectivity index (χ2n) is 19.5. The van der Waals surface area contributed by atoms with Gasteiger partial charge in [0.05, 0.1) is 70.6 Å². The lowest BCUT2D eigenvalue weighted by molar-refractivity contribution is -0.146. The summed E-state index contributed by atoms with van der Waals surface area (Å²) in [6.45, 7) is 11.1. The molecule has 3 aromatic rings. The van der Waals surface area contributed by atoms with E-state index in [1.807, 2.05) is 0 Å². The summed E-state index contributed by atoms with van der Waals surface area (Å²) in [5.41, 5.74) is 1.000. The van der Waals surface area contributed by atoms with Gasteiger partial charge in [0.15, 0.2) is 0 Å². The van der Waals surface area contributed by atoms with Gasteiger partial charge in [-0.15, -0.1) is 0 Å². The van der Waals surface area contributed by atoms with Crippen LogP contribution in [0.15, 0.2) is 97.6 Å². The van der Waals surface area contributed by atoms with Crippen LogP contribution in [0.1, 0.15) is 175 Å². The number of benzene rings is 3. The molecule has 460 valence electrons. The van der Waals surface area contributed by atoms with E-state index in [1.165, 1.54) is 24.3 Å². The van der Waals surface area contributed by atoms with Gasteiger partial charge in [-0.3, -0.25) is 24.0 Å². The summed E-state index contributed by atoms with van der Waals surface area (Å²) < 4.78 is 58.6. The molecule has 84 heavy (non-hydrogen) atoms. The van der Waals surface area contributed by atoms with Gasteiger partial charge >= 0.3 is 53.7 Å². The molecule has 3 aromatic carbocycles.